The lowest BCUT2D eigenvalue weighted by Gasteiger charge is -2.08. The molecular formula is C9H10BrClO. The number of aliphatic hydroxyl groups excluding tert-OH is 1. The molecular weight excluding hydrogens is 239 g/mol. The highest BCUT2D eigenvalue weighted by Crippen LogP contribution is 2.26. The summed E-state index contributed by atoms with van der Waals surface area (Å²) in [5, 5.41) is 10.1. The molecule has 0 saturated carbocycles. The fourth-order valence-electron chi connectivity index (χ4n) is 0.955. The van der Waals surface area contributed by atoms with Crippen molar-refractivity contribution in [2.45, 2.75) is 19.4 Å². The van der Waals surface area contributed by atoms with Crippen molar-refractivity contribution in [3.8, 4) is 0 Å². The van der Waals surface area contributed by atoms with E-state index in [1.54, 1.807) is 6.07 Å². The van der Waals surface area contributed by atoms with Crippen LogP contribution < -0.4 is 0 Å². The molecule has 1 rings (SSSR count). The third-order valence-corrected chi connectivity index (χ3v) is 2.93. The van der Waals surface area contributed by atoms with E-state index in [-0.39, 0.29) is 0 Å². The largest absolute Gasteiger partial charge is 0.388 e. The Morgan fingerprint density at radius 3 is 2.75 bits per heavy atom. The van der Waals surface area contributed by atoms with Gasteiger partial charge < -0.3 is 5.11 Å². The second-order valence-corrected chi connectivity index (χ2v) is 3.86. The van der Waals surface area contributed by atoms with Crippen molar-refractivity contribution in [1.29, 1.82) is 0 Å². The minimum absolute atomic E-state index is 0.390. The van der Waals surface area contributed by atoms with Gasteiger partial charge in [0.2, 0.25) is 0 Å². The number of hydrogen-bond acceptors (Lipinski definition) is 1. The molecule has 1 atom stereocenters. The van der Waals surface area contributed by atoms with E-state index in [1.165, 1.54) is 0 Å². The molecule has 0 heterocycles. The van der Waals surface area contributed by atoms with Crippen molar-refractivity contribution >= 4 is 27.5 Å². The van der Waals surface area contributed by atoms with Crippen LogP contribution in [0.2, 0.25) is 5.02 Å². The molecule has 0 aliphatic rings. The van der Waals surface area contributed by atoms with Gasteiger partial charge in [-0.2, -0.15) is 0 Å². The molecule has 3 heteroatoms. The summed E-state index contributed by atoms with van der Waals surface area (Å²) >= 11 is 9.10. The Morgan fingerprint density at radius 2 is 2.25 bits per heavy atom. The highest BCUT2D eigenvalue weighted by atomic mass is 79.9. The first-order chi connectivity index (χ1) is 5.65. The van der Waals surface area contributed by atoms with Crippen molar-refractivity contribution in [1.82, 2.24) is 0 Å². The van der Waals surface area contributed by atoms with Gasteiger partial charge in [0.15, 0.2) is 0 Å². The van der Waals surface area contributed by atoms with Crippen LogP contribution in [0.5, 0.6) is 0 Å². The van der Waals surface area contributed by atoms with E-state index in [2.05, 4.69) is 15.9 Å². The van der Waals surface area contributed by atoms with E-state index in [0.717, 1.165) is 10.0 Å². The Balaban J connectivity index is 2.96. The third kappa shape index (κ3) is 2.22. The molecule has 0 bridgehead atoms. The van der Waals surface area contributed by atoms with Crippen molar-refractivity contribution in [2.24, 2.45) is 0 Å². The number of hydrogen-bond donors (Lipinski definition) is 1. The molecule has 0 saturated heterocycles. The van der Waals surface area contributed by atoms with Crippen LogP contribution in [-0.4, -0.2) is 5.11 Å². The van der Waals surface area contributed by atoms with Gasteiger partial charge in [0, 0.05) is 4.47 Å². The van der Waals surface area contributed by atoms with Crippen molar-refractivity contribution < 1.29 is 5.11 Å². The van der Waals surface area contributed by atoms with Gasteiger partial charge in [0.05, 0.1) is 11.1 Å². The zero-order valence-corrected chi connectivity index (χ0v) is 9.06. The van der Waals surface area contributed by atoms with Crippen LogP contribution in [0.4, 0.5) is 0 Å². The van der Waals surface area contributed by atoms with Gasteiger partial charge in [-0.15, -0.1) is 0 Å². The van der Waals surface area contributed by atoms with Crippen LogP contribution in [-0.2, 0) is 0 Å². The van der Waals surface area contributed by atoms with Crippen LogP contribution in [0.15, 0.2) is 22.7 Å². The van der Waals surface area contributed by atoms with Crippen molar-refractivity contribution in [2.75, 3.05) is 0 Å². The Kier molecular flexibility index (Phi) is 3.56. The molecule has 1 nitrogen and oxygen atoms in total. The Labute approximate surface area is 85.5 Å². The molecule has 12 heavy (non-hydrogen) atoms. The normalized spacial score (nSPS) is 13.0. The zero-order valence-electron chi connectivity index (χ0n) is 6.72. The van der Waals surface area contributed by atoms with Gasteiger partial charge in [-0.05, 0) is 40.0 Å². The molecule has 1 N–H and O–H groups in total. The molecule has 0 radical (unpaired) electrons. The summed E-state index contributed by atoms with van der Waals surface area (Å²) in [7, 11) is 0. The minimum atomic E-state index is -0.390. The van der Waals surface area contributed by atoms with E-state index in [0.29, 0.717) is 11.4 Å². The lowest BCUT2D eigenvalue weighted by atomic mass is 10.1. The van der Waals surface area contributed by atoms with E-state index in [9.17, 15) is 5.11 Å². The van der Waals surface area contributed by atoms with Gasteiger partial charge in [0.1, 0.15) is 0 Å². The first kappa shape index (κ1) is 10.0. The highest BCUT2D eigenvalue weighted by molar-refractivity contribution is 9.10. The van der Waals surface area contributed by atoms with Crippen molar-refractivity contribution in [3.63, 3.8) is 0 Å². The van der Waals surface area contributed by atoms with Gasteiger partial charge in [-0.3, -0.25) is 0 Å². The molecule has 0 amide bonds. The molecule has 0 fully saturated rings. The molecule has 0 aromatic heterocycles. The van der Waals surface area contributed by atoms with Gasteiger partial charge in [-0.25, -0.2) is 0 Å². The molecule has 66 valence electrons. The van der Waals surface area contributed by atoms with Gasteiger partial charge in [-0.1, -0.05) is 24.6 Å². The SMILES string of the molecule is CCC(O)c1ccc(Cl)c(Br)c1. The molecule has 0 spiro atoms. The first-order valence-electron chi connectivity index (χ1n) is 3.78. The lowest BCUT2D eigenvalue weighted by Crippen LogP contribution is -1.94. The van der Waals surface area contributed by atoms with Crippen molar-refractivity contribution in [3.05, 3.63) is 33.3 Å². The summed E-state index contributed by atoms with van der Waals surface area (Å²) in [6, 6.07) is 5.46. The average Bonchev–Trinajstić information content (AvgIpc) is 2.08. The zero-order chi connectivity index (χ0) is 9.14. The molecule has 1 unspecified atom stereocenters. The van der Waals surface area contributed by atoms with E-state index in [1.807, 2.05) is 19.1 Å². The topological polar surface area (TPSA) is 20.2 Å². The smallest absolute Gasteiger partial charge is 0.0787 e. The third-order valence-electron chi connectivity index (χ3n) is 1.72. The van der Waals surface area contributed by atoms with Crippen LogP contribution in [0.1, 0.15) is 25.0 Å². The summed E-state index contributed by atoms with van der Waals surface area (Å²) in [5.41, 5.74) is 0.897. The molecule has 0 aliphatic carbocycles. The number of halogens is 2. The fourth-order valence-corrected chi connectivity index (χ4v) is 1.47. The summed E-state index contributed by atoms with van der Waals surface area (Å²) in [6.07, 6.45) is 0.326. The lowest BCUT2D eigenvalue weighted by molar-refractivity contribution is 0.173. The van der Waals surface area contributed by atoms with E-state index in [4.69, 9.17) is 11.6 Å². The van der Waals surface area contributed by atoms with Crippen LogP contribution in [0, 0.1) is 0 Å². The average molecular weight is 250 g/mol. The predicted molar refractivity (Wildman–Crippen MR) is 54.4 cm³/mol. The Morgan fingerprint density at radius 1 is 1.58 bits per heavy atom. The monoisotopic (exact) mass is 248 g/mol. The quantitative estimate of drug-likeness (QED) is 0.850. The maximum atomic E-state index is 9.48. The summed E-state index contributed by atoms with van der Waals surface area (Å²) in [6.45, 7) is 1.94. The summed E-state index contributed by atoms with van der Waals surface area (Å²) in [5.74, 6) is 0. The number of aliphatic hydroxyl groups is 1. The van der Waals surface area contributed by atoms with Crippen LogP contribution in [0.3, 0.4) is 0 Å². The highest BCUT2D eigenvalue weighted by Gasteiger charge is 2.05. The Hall–Kier alpha value is -0.0500. The summed E-state index contributed by atoms with van der Waals surface area (Å²) in [4.78, 5) is 0. The maximum absolute atomic E-state index is 9.48. The minimum Gasteiger partial charge on any atom is -0.388 e. The van der Waals surface area contributed by atoms with E-state index >= 15 is 0 Å². The standard InChI is InChI=1S/C9H10BrClO/c1-2-9(12)6-3-4-8(11)7(10)5-6/h3-5,9,12H,2H2,1H3. The van der Waals surface area contributed by atoms with Gasteiger partial charge >= 0.3 is 0 Å². The second-order valence-electron chi connectivity index (χ2n) is 2.60. The molecule has 1 aromatic rings. The Bertz CT molecular complexity index is 275. The van der Waals surface area contributed by atoms with Gasteiger partial charge in [0.25, 0.3) is 0 Å². The molecule has 1 aromatic carbocycles. The van der Waals surface area contributed by atoms with Crippen LogP contribution in [0.25, 0.3) is 0 Å². The maximum Gasteiger partial charge on any atom is 0.0787 e. The number of rotatable bonds is 2. The second kappa shape index (κ2) is 4.26. The van der Waals surface area contributed by atoms with E-state index < -0.39 is 6.10 Å². The predicted octanol–water partition coefficient (Wildman–Crippen LogP) is 3.55. The summed E-state index contributed by atoms with van der Waals surface area (Å²) < 4.78 is 0.828. The first-order valence-corrected chi connectivity index (χ1v) is 4.95. The number of benzene rings is 1. The molecule has 0 aliphatic heterocycles. The van der Waals surface area contributed by atoms with Crippen LogP contribution >= 0.6 is 27.5 Å². The fraction of sp³-hybridized carbons (Fsp3) is 0.333.